The molecule has 1 aromatic carbocycles. The third kappa shape index (κ3) is 3.23. The number of rotatable bonds is 5. The Morgan fingerprint density at radius 2 is 2.27 bits per heavy atom. The molecule has 0 aliphatic heterocycles. The molecule has 0 aliphatic carbocycles. The third-order valence-corrected chi connectivity index (χ3v) is 2.09. The first-order valence-electron chi connectivity index (χ1n) is 4.98. The van der Waals surface area contributed by atoms with E-state index in [2.05, 4.69) is 12.2 Å². The van der Waals surface area contributed by atoms with Crippen molar-refractivity contribution >= 4 is 11.6 Å². The van der Waals surface area contributed by atoms with Crippen LogP contribution in [0.25, 0.3) is 0 Å². The third-order valence-electron chi connectivity index (χ3n) is 2.09. The van der Waals surface area contributed by atoms with Gasteiger partial charge in [0.15, 0.2) is 0 Å². The fraction of sp³-hybridized carbons (Fsp3) is 0.364. The molecule has 82 valence electrons. The lowest BCUT2D eigenvalue weighted by Gasteiger charge is -2.06. The average Bonchev–Trinajstić information content (AvgIpc) is 2.20. The second-order valence-electron chi connectivity index (χ2n) is 3.34. The second kappa shape index (κ2) is 5.34. The molecular formula is C11H15FN2O. The van der Waals surface area contributed by atoms with E-state index >= 15 is 0 Å². The zero-order chi connectivity index (χ0) is 11.3. The molecule has 3 N–H and O–H groups in total. The summed E-state index contributed by atoms with van der Waals surface area (Å²) in [6.45, 7) is 2.89. The number of unbranched alkanes of at least 4 members (excludes halogenated alkanes) is 1. The molecule has 0 bridgehead atoms. The van der Waals surface area contributed by atoms with E-state index in [1.54, 1.807) is 6.07 Å². The second-order valence-corrected chi connectivity index (χ2v) is 3.34. The molecule has 1 rings (SSSR count). The van der Waals surface area contributed by atoms with Gasteiger partial charge in [-0.1, -0.05) is 13.3 Å². The maximum atomic E-state index is 13.1. The molecule has 1 aromatic rings. The van der Waals surface area contributed by atoms with Crippen LogP contribution in [0.15, 0.2) is 18.2 Å². The summed E-state index contributed by atoms with van der Waals surface area (Å²) < 4.78 is 13.1. The summed E-state index contributed by atoms with van der Waals surface area (Å²) >= 11 is 0. The minimum absolute atomic E-state index is 0.0727. The molecule has 1 amide bonds. The van der Waals surface area contributed by atoms with E-state index in [4.69, 9.17) is 5.73 Å². The molecule has 0 aliphatic rings. The number of hydrogen-bond acceptors (Lipinski definition) is 2. The number of anilines is 1. The highest BCUT2D eigenvalue weighted by Crippen LogP contribution is 2.14. The highest BCUT2D eigenvalue weighted by Gasteiger charge is 2.08. The van der Waals surface area contributed by atoms with E-state index in [1.807, 2.05) is 0 Å². The van der Waals surface area contributed by atoms with Crippen molar-refractivity contribution < 1.29 is 9.18 Å². The van der Waals surface area contributed by atoms with Crippen LogP contribution in [0.3, 0.4) is 0 Å². The number of nitrogens with two attached hydrogens (primary N) is 1. The molecular weight excluding hydrogens is 195 g/mol. The first-order valence-corrected chi connectivity index (χ1v) is 4.98. The van der Waals surface area contributed by atoms with Crippen LogP contribution in [0.5, 0.6) is 0 Å². The van der Waals surface area contributed by atoms with Crippen molar-refractivity contribution in [2.45, 2.75) is 19.8 Å². The van der Waals surface area contributed by atoms with Crippen LogP contribution >= 0.6 is 0 Å². The molecule has 0 saturated carbocycles. The summed E-state index contributed by atoms with van der Waals surface area (Å²) in [4.78, 5) is 10.9. The number of carbonyl (C=O) groups is 1. The van der Waals surface area contributed by atoms with Crippen molar-refractivity contribution in [3.8, 4) is 0 Å². The van der Waals surface area contributed by atoms with Gasteiger partial charge in [-0.2, -0.15) is 0 Å². The summed E-state index contributed by atoms with van der Waals surface area (Å²) in [5.74, 6) is -1.32. The topological polar surface area (TPSA) is 55.1 Å². The van der Waals surface area contributed by atoms with E-state index < -0.39 is 11.7 Å². The molecule has 3 nitrogen and oxygen atoms in total. The minimum atomic E-state index is -0.744. The molecule has 0 atom stereocenters. The van der Waals surface area contributed by atoms with Gasteiger partial charge in [-0.3, -0.25) is 4.79 Å². The van der Waals surface area contributed by atoms with E-state index in [9.17, 15) is 9.18 Å². The van der Waals surface area contributed by atoms with Crippen LogP contribution in [0.2, 0.25) is 0 Å². The Morgan fingerprint density at radius 1 is 1.53 bits per heavy atom. The number of primary amides is 1. The monoisotopic (exact) mass is 210 g/mol. The molecule has 0 heterocycles. The van der Waals surface area contributed by atoms with Crippen molar-refractivity contribution in [1.82, 2.24) is 0 Å². The largest absolute Gasteiger partial charge is 0.385 e. The Labute approximate surface area is 88.5 Å². The van der Waals surface area contributed by atoms with E-state index in [0.29, 0.717) is 0 Å². The Balaban J connectivity index is 2.74. The molecule has 0 fully saturated rings. The fourth-order valence-electron chi connectivity index (χ4n) is 1.23. The average molecular weight is 210 g/mol. The zero-order valence-corrected chi connectivity index (χ0v) is 8.72. The maximum Gasteiger partial charge on any atom is 0.251 e. The van der Waals surface area contributed by atoms with Gasteiger partial charge in [0.05, 0.1) is 5.56 Å². The predicted octanol–water partition coefficient (Wildman–Crippen LogP) is 2.14. The van der Waals surface area contributed by atoms with Crippen molar-refractivity contribution in [3.63, 3.8) is 0 Å². The molecule has 0 spiro atoms. The van der Waals surface area contributed by atoms with Gasteiger partial charge in [0.25, 0.3) is 5.91 Å². The van der Waals surface area contributed by atoms with Crippen molar-refractivity contribution in [2.24, 2.45) is 5.73 Å². The van der Waals surface area contributed by atoms with Gasteiger partial charge in [-0.15, -0.1) is 0 Å². The number of nitrogens with one attached hydrogen (secondary N) is 1. The number of carbonyl (C=O) groups excluding carboxylic acids is 1. The number of hydrogen-bond donors (Lipinski definition) is 2. The summed E-state index contributed by atoms with van der Waals surface area (Å²) in [6.07, 6.45) is 2.11. The summed E-state index contributed by atoms with van der Waals surface area (Å²) in [5, 5.41) is 3.09. The van der Waals surface area contributed by atoms with E-state index in [-0.39, 0.29) is 5.56 Å². The van der Waals surface area contributed by atoms with Crippen LogP contribution in [0, 0.1) is 5.82 Å². The van der Waals surface area contributed by atoms with Gasteiger partial charge in [0.1, 0.15) is 5.82 Å². The normalized spacial score (nSPS) is 10.0. The fourth-order valence-corrected chi connectivity index (χ4v) is 1.23. The van der Waals surface area contributed by atoms with E-state index in [0.717, 1.165) is 25.1 Å². The maximum absolute atomic E-state index is 13.1. The SMILES string of the molecule is CCCCNc1ccc(F)c(C(N)=O)c1. The van der Waals surface area contributed by atoms with Gasteiger partial charge < -0.3 is 11.1 Å². The Bertz CT molecular complexity index is 352. The van der Waals surface area contributed by atoms with Gasteiger partial charge >= 0.3 is 0 Å². The smallest absolute Gasteiger partial charge is 0.251 e. The molecule has 0 saturated heterocycles. The quantitative estimate of drug-likeness (QED) is 0.731. The zero-order valence-electron chi connectivity index (χ0n) is 8.72. The standard InChI is InChI=1S/C11H15FN2O/c1-2-3-6-14-8-4-5-10(12)9(7-8)11(13)15/h4-5,7,14H,2-3,6H2,1H3,(H2,13,15). The Kier molecular flexibility index (Phi) is 4.09. The van der Waals surface area contributed by atoms with Gasteiger partial charge in [-0.05, 0) is 24.6 Å². The first kappa shape index (κ1) is 11.5. The molecule has 4 heteroatoms. The van der Waals surface area contributed by atoms with Crippen molar-refractivity contribution in [3.05, 3.63) is 29.6 Å². The van der Waals surface area contributed by atoms with Crippen LogP contribution in [0.4, 0.5) is 10.1 Å². The van der Waals surface area contributed by atoms with Crippen LogP contribution < -0.4 is 11.1 Å². The van der Waals surface area contributed by atoms with Gasteiger partial charge in [0.2, 0.25) is 0 Å². The van der Waals surface area contributed by atoms with Crippen LogP contribution in [-0.2, 0) is 0 Å². The summed E-state index contributed by atoms with van der Waals surface area (Å²) in [7, 11) is 0. The van der Waals surface area contributed by atoms with Gasteiger partial charge in [0, 0.05) is 12.2 Å². The summed E-state index contributed by atoms with van der Waals surface area (Å²) in [6, 6.07) is 4.28. The van der Waals surface area contributed by atoms with Crippen LogP contribution in [0.1, 0.15) is 30.1 Å². The van der Waals surface area contributed by atoms with Crippen molar-refractivity contribution in [2.75, 3.05) is 11.9 Å². The van der Waals surface area contributed by atoms with Crippen molar-refractivity contribution in [1.29, 1.82) is 0 Å². The molecule has 0 unspecified atom stereocenters. The molecule has 0 radical (unpaired) electrons. The highest BCUT2D eigenvalue weighted by molar-refractivity contribution is 5.94. The lowest BCUT2D eigenvalue weighted by atomic mass is 10.1. The first-order chi connectivity index (χ1) is 7.15. The van der Waals surface area contributed by atoms with Crippen LogP contribution in [-0.4, -0.2) is 12.5 Å². The summed E-state index contributed by atoms with van der Waals surface area (Å²) in [5.41, 5.74) is 5.68. The Morgan fingerprint density at radius 3 is 2.87 bits per heavy atom. The van der Waals surface area contributed by atoms with E-state index in [1.165, 1.54) is 12.1 Å². The molecule has 0 aromatic heterocycles. The predicted molar refractivity (Wildman–Crippen MR) is 58.3 cm³/mol. The lowest BCUT2D eigenvalue weighted by Crippen LogP contribution is -2.13. The number of amides is 1. The minimum Gasteiger partial charge on any atom is -0.385 e. The highest BCUT2D eigenvalue weighted by atomic mass is 19.1. The number of benzene rings is 1. The lowest BCUT2D eigenvalue weighted by molar-refractivity contribution is 0.0996. The Hall–Kier alpha value is -1.58. The van der Waals surface area contributed by atoms with Gasteiger partial charge in [-0.25, -0.2) is 4.39 Å². The number of halogens is 1. The molecule has 15 heavy (non-hydrogen) atoms.